The highest BCUT2D eigenvalue weighted by atomic mass is 79.9. The van der Waals surface area contributed by atoms with Crippen LogP contribution in [0.1, 0.15) is 24.0 Å². The van der Waals surface area contributed by atoms with E-state index in [1.54, 1.807) is 6.92 Å². The number of hydrogen-bond acceptors (Lipinski definition) is 3. The van der Waals surface area contributed by atoms with E-state index in [4.69, 9.17) is 0 Å². The molecule has 0 radical (unpaired) electrons. The molecule has 1 aromatic heterocycles. The molecular formula is C14H15BrFN3. The van der Waals surface area contributed by atoms with E-state index in [0.717, 1.165) is 10.0 Å². The van der Waals surface area contributed by atoms with Crippen molar-refractivity contribution in [3.8, 4) is 0 Å². The van der Waals surface area contributed by atoms with Gasteiger partial charge < -0.3 is 5.32 Å². The summed E-state index contributed by atoms with van der Waals surface area (Å²) >= 11 is 3.43. The summed E-state index contributed by atoms with van der Waals surface area (Å²) in [4.78, 5) is 8.43. The maximum absolute atomic E-state index is 13.8. The van der Waals surface area contributed by atoms with Gasteiger partial charge in [0.2, 0.25) is 0 Å². The van der Waals surface area contributed by atoms with Crippen molar-refractivity contribution in [1.29, 1.82) is 0 Å². The van der Waals surface area contributed by atoms with Crippen LogP contribution in [0.3, 0.4) is 0 Å². The Morgan fingerprint density at radius 3 is 2.79 bits per heavy atom. The summed E-state index contributed by atoms with van der Waals surface area (Å²) < 4.78 is 14.8. The lowest BCUT2D eigenvalue weighted by Gasteiger charge is -2.09. The highest BCUT2D eigenvalue weighted by molar-refractivity contribution is 9.10. The topological polar surface area (TPSA) is 37.8 Å². The van der Waals surface area contributed by atoms with Crippen molar-refractivity contribution in [2.75, 3.05) is 11.9 Å². The SMILES string of the molecule is CCNc1nc(Cc2cccc(Br)c2)nc(C)c1F. The molecule has 0 fully saturated rings. The average Bonchev–Trinajstić information content (AvgIpc) is 2.35. The van der Waals surface area contributed by atoms with E-state index in [1.807, 2.05) is 31.2 Å². The molecule has 3 nitrogen and oxygen atoms in total. The number of nitrogens with one attached hydrogen (secondary N) is 1. The number of hydrogen-bond donors (Lipinski definition) is 1. The normalized spacial score (nSPS) is 10.5. The molecule has 0 amide bonds. The summed E-state index contributed by atoms with van der Waals surface area (Å²) in [5.74, 6) is 0.521. The third kappa shape index (κ3) is 3.50. The molecule has 0 aliphatic heterocycles. The molecule has 2 rings (SSSR count). The fraction of sp³-hybridized carbons (Fsp3) is 0.286. The standard InChI is InChI=1S/C14H15BrFN3/c1-3-17-14-13(16)9(2)18-12(19-14)8-10-5-4-6-11(15)7-10/h4-7H,3,8H2,1-2H3,(H,17,18,19). The zero-order valence-corrected chi connectivity index (χ0v) is 12.5. The predicted molar refractivity (Wildman–Crippen MR) is 77.8 cm³/mol. The van der Waals surface area contributed by atoms with Crippen LogP contribution in [0.4, 0.5) is 10.2 Å². The number of aryl methyl sites for hydroxylation is 1. The summed E-state index contributed by atoms with van der Waals surface area (Å²) in [6, 6.07) is 7.93. The van der Waals surface area contributed by atoms with Gasteiger partial charge in [-0.15, -0.1) is 0 Å². The van der Waals surface area contributed by atoms with Crippen molar-refractivity contribution in [3.05, 3.63) is 51.6 Å². The highest BCUT2D eigenvalue weighted by Gasteiger charge is 2.11. The van der Waals surface area contributed by atoms with Gasteiger partial charge in [0, 0.05) is 17.4 Å². The van der Waals surface area contributed by atoms with Gasteiger partial charge in [-0.05, 0) is 31.5 Å². The van der Waals surface area contributed by atoms with E-state index >= 15 is 0 Å². The van der Waals surface area contributed by atoms with Crippen molar-refractivity contribution in [3.63, 3.8) is 0 Å². The monoisotopic (exact) mass is 323 g/mol. The van der Waals surface area contributed by atoms with Crippen molar-refractivity contribution in [1.82, 2.24) is 9.97 Å². The number of benzene rings is 1. The van der Waals surface area contributed by atoms with Crippen LogP contribution in [0.5, 0.6) is 0 Å². The van der Waals surface area contributed by atoms with E-state index in [9.17, 15) is 4.39 Å². The van der Waals surface area contributed by atoms with Crippen molar-refractivity contribution in [2.24, 2.45) is 0 Å². The van der Waals surface area contributed by atoms with Gasteiger partial charge in [0.15, 0.2) is 11.6 Å². The molecule has 5 heteroatoms. The van der Waals surface area contributed by atoms with Crippen LogP contribution >= 0.6 is 15.9 Å². The first kappa shape index (κ1) is 13.9. The van der Waals surface area contributed by atoms with Crippen LogP contribution in [0.15, 0.2) is 28.7 Å². The largest absolute Gasteiger partial charge is 0.368 e. The minimum Gasteiger partial charge on any atom is -0.368 e. The van der Waals surface area contributed by atoms with Gasteiger partial charge in [-0.2, -0.15) is 0 Å². The van der Waals surface area contributed by atoms with E-state index < -0.39 is 0 Å². The second-order valence-electron chi connectivity index (χ2n) is 4.22. The minimum atomic E-state index is -0.375. The quantitative estimate of drug-likeness (QED) is 0.932. The Morgan fingerprint density at radius 2 is 2.11 bits per heavy atom. The molecule has 0 saturated carbocycles. The predicted octanol–water partition coefficient (Wildman–Crippen LogP) is 3.71. The lowest BCUT2D eigenvalue weighted by atomic mass is 10.1. The Bertz CT molecular complexity index is 587. The Balaban J connectivity index is 2.30. The molecule has 100 valence electrons. The maximum atomic E-state index is 13.8. The molecule has 0 unspecified atom stereocenters. The first-order valence-corrected chi connectivity index (χ1v) is 6.90. The van der Waals surface area contributed by atoms with Crippen molar-refractivity contribution >= 4 is 21.7 Å². The molecule has 1 N–H and O–H groups in total. The summed E-state index contributed by atoms with van der Waals surface area (Å²) in [5, 5.41) is 2.92. The lowest BCUT2D eigenvalue weighted by molar-refractivity contribution is 0.601. The van der Waals surface area contributed by atoms with Crippen molar-refractivity contribution in [2.45, 2.75) is 20.3 Å². The first-order valence-electron chi connectivity index (χ1n) is 6.11. The highest BCUT2D eigenvalue weighted by Crippen LogP contribution is 2.17. The molecule has 0 saturated heterocycles. The zero-order valence-electron chi connectivity index (χ0n) is 10.9. The Kier molecular flexibility index (Phi) is 4.47. The summed E-state index contributed by atoms with van der Waals surface area (Å²) in [6.45, 7) is 4.19. The second kappa shape index (κ2) is 6.10. The van der Waals surface area contributed by atoms with Gasteiger partial charge in [-0.3, -0.25) is 0 Å². The molecule has 2 aromatic rings. The summed E-state index contributed by atoms with van der Waals surface area (Å²) in [6.07, 6.45) is 0.582. The molecule has 19 heavy (non-hydrogen) atoms. The average molecular weight is 324 g/mol. The minimum absolute atomic E-state index is 0.278. The van der Waals surface area contributed by atoms with Crippen LogP contribution < -0.4 is 5.32 Å². The second-order valence-corrected chi connectivity index (χ2v) is 5.14. The molecule has 0 atom stereocenters. The van der Waals surface area contributed by atoms with E-state index in [0.29, 0.717) is 24.5 Å². The Labute approximate surface area is 120 Å². The van der Waals surface area contributed by atoms with Gasteiger partial charge in [0.1, 0.15) is 5.82 Å². The molecule has 0 aliphatic carbocycles. The first-order chi connectivity index (χ1) is 9.10. The van der Waals surface area contributed by atoms with E-state index in [-0.39, 0.29) is 11.6 Å². The summed E-state index contributed by atoms with van der Waals surface area (Å²) in [7, 11) is 0. The van der Waals surface area contributed by atoms with Crippen LogP contribution in [0.25, 0.3) is 0 Å². The van der Waals surface area contributed by atoms with Gasteiger partial charge in [-0.25, -0.2) is 14.4 Å². The van der Waals surface area contributed by atoms with E-state index in [2.05, 4.69) is 31.2 Å². The zero-order chi connectivity index (χ0) is 13.8. The van der Waals surface area contributed by atoms with Gasteiger partial charge in [0.25, 0.3) is 0 Å². The van der Waals surface area contributed by atoms with E-state index in [1.165, 1.54) is 0 Å². The van der Waals surface area contributed by atoms with Gasteiger partial charge in [0.05, 0.1) is 5.69 Å². The number of halogens is 2. The fourth-order valence-corrected chi connectivity index (χ4v) is 2.26. The number of nitrogens with zero attached hydrogens (tertiary/aromatic N) is 2. The molecular weight excluding hydrogens is 309 g/mol. The number of aromatic nitrogens is 2. The van der Waals surface area contributed by atoms with Gasteiger partial charge in [-0.1, -0.05) is 28.1 Å². The summed E-state index contributed by atoms with van der Waals surface area (Å²) in [5.41, 5.74) is 1.46. The molecule has 1 heterocycles. The van der Waals surface area contributed by atoms with Crippen LogP contribution in [0.2, 0.25) is 0 Å². The number of anilines is 1. The van der Waals surface area contributed by atoms with Crippen LogP contribution in [-0.2, 0) is 6.42 Å². The Morgan fingerprint density at radius 1 is 1.32 bits per heavy atom. The molecule has 0 aliphatic rings. The van der Waals surface area contributed by atoms with Crippen molar-refractivity contribution < 1.29 is 4.39 Å². The molecule has 0 spiro atoms. The number of rotatable bonds is 4. The fourth-order valence-electron chi connectivity index (χ4n) is 1.81. The smallest absolute Gasteiger partial charge is 0.186 e. The third-order valence-electron chi connectivity index (χ3n) is 2.66. The maximum Gasteiger partial charge on any atom is 0.186 e. The third-order valence-corrected chi connectivity index (χ3v) is 3.15. The van der Waals surface area contributed by atoms with Gasteiger partial charge >= 0.3 is 0 Å². The molecule has 0 bridgehead atoms. The Hall–Kier alpha value is -1.49. The molecule has 1 aromatic carbocycles. The lowest BCUT2D eigenvalue weighted by Crippen LogP contribution is -2.09. The van der Waals surface area contributed by atoms with Crippen LogP contribution in [0, 0.1) is 12.7 Å². The van der Waals surface area contributed by atoms with Crippen LogP contribution in [-0.4, -0.2) is 16.5 Å².